The molecule has 0 aromatic heterocycles. The molecular weight excluding hydrogens is 315 g/mol. The van der Waals surface area contributed by atoms with E-state index in [1.54, 1.807) is 31.4 Å². The monoisotopic (exact) mass is 330 g/mol. The molecule has 0 saturated heterocycles. The Morgan fingerprint density at radius 2 is 2.00 bits per heavy atom. The molecular formula is C18H15FO3S. The molecule has 1 heterocycles. The Morgan fingerprint density at radius 1 is 1.22 bits per heavy atom. The van der Waals surface area contributed by atoms with E-state index < -0.39 is 11.8 Å². The zero-order valence-corrected chi connectivity index (χ0v) is 13.6. The van der Waals surface area contributed by atoms with Gasteiger partial charge in [0, 0.05) is 16.0 Å². The van der Waals surface area contributed by atoms with Gasteiger partial charge in [-0.3, -0.25) is 0 Å². The van der Waals surface area contributed by atoms with E-state index in [4.69, 9.17) is 9.47 Å². The summed E-state index contributed by atoms with van der Waals surface area (Å²) in [7, 11) is 1.59. The second-order valence-electron chi connectivity index (χ2n) is 5.28. The molecule has 0 unspecified atom stereocenters. The molecule has 23 heavy (non-hydrogen) atoms. The number of hydrogen-bond donors (Lipinski definition) is 1. The first kappa shape index (κ1) is 15.6. The summed E-state index contributed by atoms with van der Waals surface area (Å²) in [4.78, 5) is 12.7. The van der Waals surface area contributed by atoms with Gasteiger partial charge < -0.3 is 9.47 Å². The topological polar surface area (TPSA) is 35.5 Å². The van der Waals surface area contributed by atoms with E-state index in [0.717, 1.165) is 11.3 Å². The van der Waals surface area contributed by atoms with Crippen LogP contribution in [-0.2, 0) is 9.53 Å². The standard InChI is InChI=1S/C18H15FO3S/c1-10-7-11(3-6-16(10)21-2)17-14(9-22-18(17)20)13-5-4-12(23)8-15(13)19/h3-8,23H,9H2,1-2H3. The van der Waals surface area contributed by atoms with Crippen LogP contribution < -0.4 is 4.74 Å². The second-order valence-corrected chi connectivity index (χ2v) is 5.79. The number of esters is 1. The number of cyclic esters (lactones) is 1. The Balaban J connectivity index is 2.16. The molecule has 2 aromatic carbocycles. The van der Waals surface area contributed by atoms with Crippen LogP contribution in [0.4, 0.5) is 4.39 Å². The lowest BCUT2D eigenvalue weighted by atomic mass is 9.95. The smallest absolute Gasteiger partial charge is 0.339 e. The number of ether oxygens (including phenoxy) is 2. The Labute approximate surface area is 139 Å². The second kappa shape index (κ2) is 6.08. The van der Waals surface area contributed by atoms with Gasteiger partial charge in [-0.2, -0.15) is 0 Å². The summed E-state index contributed by atoms with van der Waals surface area (Å²) in [5, 5.41) is 0. The quantitative estimate of drug-likeness (QED) is 0.685. The van der Waals surface area contributed by atoms with Crippen molar-refractivity contribution in [3.63, 3.8) is 0 Å². The van der Waals surface area contributed by atoms with Gasteiger partial charge in [-0.25, -0.2) is 9.18 Å². The molecule has 0 spiro atoms. The van der Waals surface area contributed by atoms with Crippen molar-refractivity contribution in [2.45, 2.75) is 11.8 Å². The summed E-state index contributed by atoms with van der Waals surface area (Å²) in [6.07, 6.45) is 0. The summed E-state index contributed by atoms with van der Waals surface area (Å²) >= 11 is 4.12. The summed E-state index contributed by atoms with van der Waals surface area (Å²) in [5.41, 5.74) is 2.88. The molecule has 1 aliphatic heterocycles. The molecule has 0 saturated carbocycles. The minimum atomic E-state index is -0.445. The summed E-state index contributed by atoms with van der Waals surface area (Å²) in [5.74, 6) is -0.139. The number of hydrogen-bond acceptors (Lipinski definition) is 4. The fourth-order valence-corrected chi connectivity index (χ4v) is 2.88. The van der Waals surface area contributed by atoms with E-state index in [9.17, 15) is 9.18 Å². The van der Waals surface area contributed by atoms with Crippen molar-refractivity contribution in [2.75, 3.05) is 13.7 Å². The fourth-order valence-electron chi connectivity index (χ4n) is 2.69. The van der Waals surface area contributed by atoms with Crippen LogP contribution in [0.1, 0.15) is 16.7 Å². The van der Waals surface area contributed by atoms with E-state index >= 15 is 0 Å². The number of halogens is 1. The van der Waals surface area contributed by atoms with Crippen molar-refractivity contribution in [3.05, 3.63) is 58.9 Å². The minimum absolute atomic E-state index is 0.0576. The number of aryl methyl sites for hydroxylation is 1. The van der Waals surface area contributed by atoms with Gasteiger partial charge in [0.15, 0.2) is 0 Å². The maximum atomic E-state index is 14.2. The van der Waals surface area contributed by atoms with Crippen LogP contribution in [0.3, 0.4) is 0 Å². The number of benzene rings is 2. The predicted octanol–water partition coefficient (Wildman–Crippen LogP) is 3.90. The highest BCUT2D eigenvalue weighted by Crippen LogP contribution is 2.35. The lowest BCUT2D eigenvalue weighted by Gasteiger charge is -2.09. The first-order chi connectivity index (χ1) is 11.0. The van der Waals surface area contributed by atoms with Crippen LogP contribution in [0.25, 0.3) is 11.1 Å². The fraction of sp³-hybridized carbons (Fsp3) is 0.167. The maximum Gasteiger partial charge on any atom is 0.339 e. The highest BCUT2D eigenvalue weighted by molar-refractivity contribution is 7.80. The zero-order chi connectivity index (χ0) is 16.6. The average molecular weight is 330 g/mol. The number of carbonyl (C=O) groups is 1. The van der Waals surface area contributed by atoms with E-state index in [-0.39, 0.29) is 6.61 Å². The highest BCUT2D eigenvalue weighted by Gasteiger charge is 2.29. The first-order valence-electron chi connectivity index (χ1n) is 7.05. The van der Waals surface area contributed by atoms with Gasteiger partial charge in [0.25, 0.3) is 0 Å². The minimum Gasteiger partial charge on any atom is -0.496 e. The van der Waals surface area contributed by atoms with Gasteiger partial charge in [-0.15, -0.1) is 12.6 Å². The van der Waals surface area contributed by atoms with Crippen LogP contribution in [0, 0.1) is 12.7 Å². The molecule has 1 aliphatic rings. The lowest BCUT2D eigenvalue weighted by molar-refractivity contribution is -0.133. The van der Waals surface area contributed by atoms with Gasteiger partial charge in [0.2, 0.25) is 0 Å². The molecule has 3 nitrogen and oxygen atoms in total. The van der Waals surface area contributed by atoms with Crippen LogP contribution in [0.5, 0.6) is 5.75 Å². The predicted molar refractivity (Wildman–Crippen MR) is 89.2 cm³/mol. The summed E-state index contributed by atoms with van der Waals surface area (Å²) in [6.45, 7) is 1.95. The Morgan fingerprint density at radius 3 is 2.65 bits per heavy atom. The normalized spacial score (nSPS) is 14.2. The molecule has 3 rings (SSSR count). The average Bonchev–Trinajstić information content (AvgIpc) is 2.88. The summed E-state index contributed by atoms with van der Waals surface area (Å²) in [6, 6.07) is 10.0. The molecule has 0 bridgehead atoms. The van der Waals surface area contributed by atoms with E-state index in [1.807, 2.05) is 13.0 Å². The largest absolute Gasteiger partial charge is 0.496 e. The molecule has 0 N–H and O–H groups in total. The molecule has 0 atom stereocenters. The Kier molecular flexibility index (Phi) is 4.13. The number of rotatable bonds is 3. The van der Waals surface area contributed by atoms with Crippen molar-refractivity contribution in [1.82, 2.24) is 0 Å². The highest BCUT2D eigenvalue weighted by atomic mass is 32.1. The number of thiol groups is 1. The third-order valence-electron chi connectivity index (χ3n) is 3.81. The third kappa shape index (κ3) is 2.84. The van der Waals surface area contributed by atoms with Crippen LogP contribution >= 0.6 is 12.6 Å². The molecule has 0 amide bonds. The Bertz CT molecular complexity index is 827. The Hall–Kier alpha value is -2.27. The molecule has 0 fully saturated rings. The van der Waals surface area contributed by atoms with Gasteiger partial charge in [-0.1, -0.05) is 12.1 Å². The van der Waals surface area contributed by atoms with E-state index in [2.05, 4.69) is 12.6 Å². The summed E-state index contributed by atoms with van der Waals surface area (Å²) < 4.78 is 24.6. The van der Waals surface area contributed by atoms with Gasteiger partial charge in [0.1, 0.15) is 18.2 Å². The van der Waals surface area contributed by atoms with Crippen molar-refractivity contribution in [3.8, 4) is 5.75 Å². The SMILES string of the molecule is COc1ccc(C2=C(c3ccc(S)cc3F)COC2=O)cc1C. The third-order valence-corrected chi connectivity index (χ3v) is 4.09. The molecule has 2 aromatic rings. The van der Waals surface area contributed by atoms with Gasteiger partial charge in [-0.05, 0) is 42.3 Å². The molecule has 0 aliphatic carbocycles. The van der Waals surface area contributed by atoms with Crippen molar-refractivity contribution in [2.24, 2.45) is 0 Å². The van der Waals surface area contributed by atoms with Crippen LogP contribution in [-0.4, -0.2) is 19.7 Å². The number of carbonyl (C=O) groups excluding carboxylic acids is 1. The first-order valence-corrected chi connectivity index (χ1v) is 7.50. The van der Waals surface area contributed by atoms with Crippen molar-refractivity contribution in [1.29, 1.82) is 0 Å². The van der Waals surface area contributed by atoms with Gasteiger partial charge in [0.05, 0.1) is 12.7 Å². The zero-order valence-electron chi connectivity index (χ0n) is 12.7. The number of methoxy groups -OCH3 is 1. The van der Waals surface area contributed by atoms with E-state index in [0.29, 0.717) is 27.2 Å². The van der Waals surface area contributed by atoms with Gasteiger partial charge >= 0.3 is 5.97 Å². The molecule has 118 valence electrons. The lowest BCUT2D eigenvalue weighted by Crippen LogP contribution is -1.99. The van der Waals surface area contributed by atoms with Crippen molar-refractivity contribution >= 4 is 29.7 Å². The molecule has 0 radical (unpaired) electrons. The maximum absolute atomic E-state index is 14.2. The van der Waals surface area contributed by atoms with Crippen LogP contribution in [0.15, 0.2) is 41.3 Å². The van der Waals surface area contributed by atoms with Crippen LogP contribution in [0.2, 0.25) is 0 Å². The van der Waals surface area contributed by atoms with E-state index in [1.165, 1.54) is 6.07 Å². The van der Waals surface area contributed by atoms with Crippen molar-refractivity contribution < 1.29 is 18.7 Å². The molecule has 5 heteroatoms.